The number of amides is 2. The lowest BCUT2D eigenvalue weighted by molar-refractivity contribution is -0.145. The second-order valence-electron chi connectivity index (χ2n) is 7.14. The van der Waals surface area contributed by atoms with Gasteiger partial charge in [0.25, 0.3) is 0 Å². The third kappa shape index (κ3) is 4.40. The molecule has 1 atom stereocenters. The molecule has 1 aliphatic heterocycles. The Balaban J connectivity index is 1.89. The number of nitrogens with zero attached hydrogens (tertiary/aromatic N) is 2. The highest BCUT2D eigenvalue weighted by atomic mass is 35.5. The number of ether oxygens (including phenoxy) is 1. The number of carbonyl (C=O) groups excluding carboxylic acids is 2. The lowest BCUT2D eigenvalue weighted by atomic mass is 9.93. The molecule has 1 aromatic heterocycles. The first-order valence-corrected chi connectivity index (χ1v) is 10.6. The fraction of sp³-hybridized carbons (Fsp3) is 0.429. The van der Waals surface area contributed by atoms with Gasteiger partial charge in [0.05, 0.1) is 6.04 Å². The summed E-state index contributed by atoms with van der Waals surface area (Å²) in [6, 6.07) is 9.49. The molecule has 1 aromatic carbocycles. The predicted molar refractivity (Wildman–Crippen MR) is 112 cm³/mol. The fourth-order valence-electron chi connectivity index (χ4n) is 3.59. The lowest BCUT2D eigenvalue weighted by Gasteiger charge is -2.38. The van der Waals surface area contributed by atoms with Crippen LogP contribution in [0.4, 0.5) is 0 Å². The molecule has 5 nitrogen and oxygen atoms in total. The second kappa shape index (κ2) is 9.07. The van der Waals surface area contributed by atoms with E-state index in [9.17, 15) is 9.59 Å². The van der Waals surface area contributed by atoms with E-state index in [1.54, 1.807) is 16.2 Å². The van der Waals surface area contributed by atoms with Crippen LogP contribution in [0.3, 0.4) is 0 Å². The Morgan fingerprint density at radius 2 is 2.00 bits per heavy atom. The molecular weight excluding hydrogens is 396 g/mol. The molecule has 2 amide bonds. The molecule has 0 unspecified atom stereocenters. The molecule has 0 N–H and O–H groups in total. The Morgan fingerprint density at radius 1 is 1.29 bits per heavy atom. The van der Waals surface area contributed by atoms with Crippen molar-refractivity contribution in [2.75, 3.05) is 26.8 Å². The number of methoxy groups -OCH3 is 1. The number of hydrogen-bond donors (Lipinski definition) is 0. The summed E-state index contributed by atoms with van der Waals surface area (Å²) in [5.41, 5.74) is 2.18. The van der Waals surface area contributed by atoms with Crippen molar-refractivity contribution in [3.63, 3.8) is 0 Å². The smallest absolute Gasteiger partial charge is 0.249 e. The highest BCUT2D eigenvalue weighted by Crippen LogP contribution is 2.38. The fourth-order valence-corrected chi connectivity index (χ4v) is 4.62. The van der Waals surface area contributed by atoms with Crippen molar-refractivity contribution in [3.05, 3.63) is 56.7 Å². The zero-order valence-electron chi connectivity index (χ0n) is 16.4. The Bertz CT molecular complexity index is 834. The first-order valence-electron chi connectivity index (χ1n) is 9.32. The van der Waals surface area contributed by atoms with Crippen molar-refractivity contribution in [2.24, 2.45) is 0 Å². The van der Waals surface area contributed by atoms with Gasteiger partial charge in [0.15, 0.2) is 0 Å². The Labute approximate surface area is 174 Å². The zero-order chi connectivity index (χ0) is 20.3. The normalized spacial score (nSPS) is 16.2. The summed E-state index contributed by atoms with van der Waals surface area (Å²) < 4.78 is 4.97. The lowest BCUT2D eigenvalue weighted by Crippen LogP contribution is -2.49. The van der Waals surface area contributed by atoms with Gasteiger partial charge in [-0.05, 0) is 55.0 Å². The highest BCUT2D eigenvalue weighted by molar-refractivity contribution is 7.10. The molecule has 0 saturated heterocycles. The summed E-state index contributed by atoms with van der Waals surface area (Å²) in [5.74, 6) is -0.239. The zero-order valence-corrected chi connectivity index (χ0v) is 17.9. The van der Waals surface area contributed by atoms with E-state index in [2.05, 4.69) is 11.4 Å². The van der Waals surface area contributed by atoms with Crippen LogP contribution < -0.4 is 0 Å². The molecule has 0 aliphatic carbocycles. The molecule has 7 heteroatoms. The van der Waals surface area contributed by atoms with Gasteiger partial charge in [0.1, 0.15) is 13.2 Å². The van der Waals surface area contributed by atoms with Crippen LogP contribution in [-0.2, 0) is 20.7 Å². The van der Waals surface area contributed by atoms with Crippen molar-refractivity contribution in [3.8, 4) is 0 Å². The SMILES string of the molecule is COCC(=O)N(CC(=O)N1CCc2sccc2[C@@H]1c1ccc(Cl)cc1)C(C)C. The predicted octanol–water partition coefficient (Wildman–Crippen LogP) is 3.76. The summed E-state index contributed by atoms with van der Waals surface area (Å²) in [6.07, 6.45) is 0.830. The monoisotopic (exact) mass is 420 g/mol. The van der Waals surface area contributed by atoms with E-state index in [4.69, 9.17) is 16.3 Å². The second-order valence-corrected chi connectivity index (χ2v) is 8.58. The van der Waals surface area contributed by atoms with Gasteiger partial charge >= 0.3 is 0 Å². The number of hydrogen-bond acceptors (Lipinski definition) is 4. The van der Waals surface area contributed by atoms with E-state index in [0.29, 0.717) is 11.6 Å². The molecule has 0 radical (unpaired) electrons. The average molecular weight is 421 g/mol. The number of halogens is 1. The van der Waals surface area contributed by atoms with Gasteiger partial charge in [-0.15, -0.1) is 11.3 Å². The Morgan fingerprint density at radius 3 is 2.64 bits per heavy atom. The maximum Gasteiger partial charge on any atom is 0.249 e. The summed E-state index contributed by atoms with van der Waals surface area (Å²) in [7, 11) is 1.48. The first-order chi connectivity index (χ1) is 13.4. The third-order valence-electron chi connectivity index (χ3n) is 4.99. The molecule has 0 spiro atoms. The summed E-state index contributed by atoms with van der Waals surface area (Å²) >= 11 is 7.79. The van der Waals surface area contributed by atoms with Gasteiger partial charge in [-0.1, -0.05) is 23.7 Å². The van der Waals surface area contributed by atoms with Crippen LogP contribution in [-0.4, -0.2) is 54.5 Å². The van der Waals surface area contributed by atoms with Crippen LogP contribution >= 0.6 is 22.9 Å². The molecule has 28 heavy (non-hydrogen) atoms. The third-order valence-corrected chi connectivity index (χ3v) is 6.24. The van der Waals surface area contributed by atoms with E-state index >= 15 is 0 Å². The largest absolute Gasteiger partial charge is 0.375 e. The van der Waals surface area contributed by atoms with Crippen LogP contribution in [0.2, 0.25) is 5.02 Å². The van der Waals surface area contributed by atoms with Gasteiger partial charge in [-0.2, -0.15) is 0 Å². The van der Waals surface area contributed by atoms with Gasteiger partial charge in [-0.25, -0.2) is 0 Å². The number of benzene rings is 1. The standard InChI is InChI=1S/C21H25ClN2O3S/c1-14(2)24(20(26)13-27-3)12-19(25)23-10-8-18-17(9-11-28-18)21(23)15-4-6-16(22)7-5-15/h4-7,9,11,14,21H,8,10,12-13H2,1-3H3/t21-/m0/s1. The van der Waals surface area contributed by atoms with Crippen molar-refractivity contribution in [2.45, 2.75) is 32.4 Å². The van der Waals surface area contributed by atoms with Crippen molar-refractivity contribution in [1.29, 1.82) is 0 Å². The highest BCUT2D eigenvalue weighted by Gasteiger charge is 2.34. The number of thiophene rings is 1. The maximum absolute atomic E-state index is 13.3. The molecule has 0 fully saturated rings. The van der Waals surface area contributed by atoms with E-state index in [0.717, 1.165) is 17.5 Å². The van der Waals surface area contributed by atoms with E-state index in [1.165, 1.54) is 12.0 Å². The van der Waals surface area contributed by atoms with Crippen LogP contribution in [0.25, 0.3) is 0 Å². The Hall–Kier alpha value is -1.89. The van der Waals surface area contributed by atoms with Crippen molar-refractivity contribution < 1.29 is 14.3 Å². The molecule has 3 rings (SSSR count). The quantitative estimate of drug-likeness (QED) is 0.714. The number of rotatable bonds is 6. The maximum atomic E-state index is 13.3. The Kier molecular flexibility index (Phi) is 6.75. The summed E-state index contributed by atoms with van der Waals surface area (Å²) in [6.45, 7) is 4.46. The van der Waals surface area contributed by atoms with E-state index < -0.39 is 0 Å². The van der Waals surface area contributed by atoms with Gasteiger partial charge in [0, 0.05) is 29.6 Å². The minimum atomic E-state index is -0.179. The van der Waals surface area contributed by atoms with Crippen molar-refractivity contribution >= 4 is 34.8 Å². The van der Waals surface area contributed by atoms with Crippen LogP contribution in [0.1, 0.15) is 35.9 Å². The molecule has 0 saturated carbocycles. The molecular formula is C21H25ClN2O3S. The topological polar surface area (TPSA) is 49.9 Å². The molecule has 1 aliphatic rings. The van der Waals surface area contributed by atoms with Gasteiger partial charge < -0.3 is 14.5 Å². The van der Waals surface area contributed by atoms with E-state index in [-0.39, 0.29) is 37.0 Å². The number of carbonyl (C=O) groups is 2. The average Bonchev–Trinajstić information content (AvgIpc) is 3.14. The molecule has 2 aromatic rings. The van der Waals surface area contributed by atoms with Crippen LogP contribution in [0.5, 0.6) is 0 Å². The minimum Gasteiger partial charge on any atom is -0.375 e. The molecule has 0 bridgehead atoms. The minimum absolute atomic E-state index is 0.0270. The van der Waals surface area contributed by atoms with Crippen LogP contribution in [0, 0.1) is 0 Å². The summed E-state index contributed by atoms with van der Waals surface area (Å²) in [4.78, 5) is 30.4. The van der Waals surface area contributed by atoms with Gasteiger partial charge in [0.2, 0.25) is 11.8 Å². The molecule has 150 valence electrons. The van der Waals surface area contributed by atoms with E-state index in [1.807, 2.05) is 43.0 Å². The van der Waals surface area contributed by atoms with Crippen molar-refractivity contribution in [1.82, 2.24) is 9.80 Å². The number of fused-ring (bicyclic) bond motifs is 1. The van der Waals surface area contributed by atoms with Crippen LogP contribution in [0.15, 0.2) is 35.7 Å². The molecule has 2 heterocycles. The van der Waals surface area contributed by atoms with Gasteiger partial charge in [-0.3, -0.25) is 9.59 Å². The summed E-state index contributed by atoms with van der Waals surface area (Å²) in [5, 5.41) is 2.74. The first kappa shape index (κ1) is 20.8.